The molecule has 1 fully saturated rings. The van der Waals surface area contributed by atoms with Crippen molar-refractivity contribution in [3.8, 4) is 39.5 Å². The van der Waals surface area contributed by atoms with Gasteiger partial charge in [0.2, 0.25) is 17.8 Å². The topological polar surface area (TPSA) is 207 Å². The maximum Gasteiger partial charge on any atom is 0.227 e. The monoisotopic (exact) mass is 1300 g/mol. The maximum absolute atomic E-state index is 6.22. The van der Waals surface area contributed by atoms with Crippen molar-refractivity contribution in [3.05, 3.63) is 171 Å². The summed E-state index contributed by atoms with van der Waals surface area (Å²) in [7, 11) is 8.01. The number of methoxy groups -OCH3 is 1. The summed E-state index contributed by atoms with van der Waals surface area (Å²) in [5.41, 5.74) is 21.4. The molecule has 4 aliphatic rings. The molecule has 10 heterocycles. The summed E-state index contributed by atoms with van der Waals surface area (Å²) < 4.78 is 5.37. The van der Waals surface area contributed by atoms with E-state index >= 15 is 0 Å². The van der Waals surface area contributed by atoms with Gasteiger partial charge in [0.25, 0.3) is 0 Å². The summed E-state index contributed by atoms with van der Waals surface area (Å²) in [5.74, 6) is 2.39. The Hall–Kier alpha value is -8.61. The number of pyridine rings is 3. The van der Waals surface area contributed by atoms with E-state index in [9.17, 15) is 0 Å². The third kappa shape index (κ3) is 16.3. The molecule has 92 heavy (non-hydrogen) atoms. The van der Waals surface area contributed by atoms with Crippen LogP contribution in [0.4, 0.5) is 52.0 Å². The smallest absolute Gasteiger partial charge is 0.227 e. The minimum Gasteiger partial charge on any atom is -0.497 e. The van der Waals surface area contributed by atoms with Crippen LogP contribution in [0.1, 0.15) is 62.6 Å². The molecule has 0 aliphatic carbocycles. The van der Waals surface area contributed by atoms with E-state index in [1.807, 2.05) is 107 Å². The number of fused-ring (bicyclic) bond motifs is 9. The number of benzene rings is 3. The third-order valence-electron chi connectivity index (χ3n) is 16.3. The van der Waals surface area contributed by atoms with Crippen molar-refractivity contribution in [2.24, 2.45) is 0 Å². The molecule has 0 unspecified atom stereocenters. The van der Waals surface area contributed by atoms with Crippen molar-refractivity contribution >= 4 is 115 Å². The molecule has 1 saturated heterocycles. The molecular weight excluding hydrogens is 1230 g/mol. The lowest BCUT2D eigenvalue weighted by Gasteiger charge is -2.32. The van der Waals surface area contributed by atoms with Gasteiger partial charge in [0.15, 0.2) is 0 Å². The van der Waals surface area contributed by atoms with Gasteiger partial charge < -0.3 is 51.3 Å². The van der Waals surface area contributed by atoms with E-state index in [1.165, 1.54) is 16.7 Å². The number of thiocarbonyl (C=S) groups is 3. The highest BCUT2D eigenvalue weighted by molar-refractivity contribution is 7.81. The molecule has 6 aromatic heterocycles. The molecule has 0 saturated carbocycles. The molecular formula is C69H75ClN18OS3. The summed E-state index contributed by atoms with van der Waals surface area (Å²) in [6.07, 6.45) is 14.3. The molecule has 0 spiro atoms. The van der Waals surface area contributed by atoms with E-state index in [0.29, 0.717) is 42.1 Å². The summed E-state index contributed by atoms with van der Waals surface area (Å²) >= 11 is 22.7. The van der Waals surface area contributed by atoms with Gasteiger partial charge >= 0.3 is 0 Å². The minimum atomic E-state index is 0.536. The van der Waals surface area contributed by atoms with Crippen LogP contribution >= 0.6 is 48.3 Å². The zero-order valence-electron chi connectivity index (χ0n) is 53.3. The van der Waals surface area contributed by atoms with Crippen LogP contribution in [0.15, 0.2) is 110 Å². The number of anilines is 9. The van der Waals surface area contributed by atoms with Crippen molar-refractivity contribution in [2.45, 2.75) is 73.1 Å². The number of nitrogens with zero attached hydrogens (tertiary/aromatic N) is 12. The van der Waals surface area contributed by atoms with Gasteiger partial charge in [-0.05, 0) is 159 Å². The second-order valence-corrected chi connectivity index (χ2v) is 25.7. The SMILES string of the molecule is COc1ccc2c(c1)NC(=S)Cc1cnc(Nc3cc(CCCN(C)C)cnc3C)nc1-2.Cc1ccc2c(c1)NC(=S)Cc1cnc(Nc3ccc(C)nc3C)nc1-2.Cc1ncc(CCN2CCN(C)CC2)cc1Nc1ncc2c(n1)-c1ccc(Cl)cc1NC(=S)C2. The van der Waals surface area contributed by atoms with Gasteiger partial charge in [0, 0.05) is 145 Å². The Morgan fingerprint density at radius 2 is 1.02 bits per heavy atom. The number of rotatable bonds is 14. The predicted molar refractivity (Wildman–Crippen MR) is 385 cm³/mol. The largest absolute Gasteiger partial charge is 0.497 e. The van der Waals surface area contributed by atoms with Crippen LogP contribution in [-0.2, 0) is 32.1 Å². The Kier molecular flexibility index (Phi) is 20.7. The quantitative estimate of drug-likeness (QED) is 0.0560. The van der Waals surface area contributed by atoms with Crippen LogP contribution in [0.5, 0.6) is 5.75 Å². The predicted octanol–water partition coefficient (Wildman–Crippen LogP) is 13.2. The zero-order valence-corrected chi connectivity index (χ0v) is 56.5. The van der Waals surface area contributed by atoms with Crippen molar-refractivity contribution in [1.29, 1.82) is 0 Å². The van der Waals surface area contributed by atoms with E-state index in [4.69, 9.17) is 67.9 Å². The highest BCUT2D eigenvalue weighted by Crippen LogP contribution is 2.39. The number of likely N-dealkylation sites (N-methyl/N-ethyl adjacent to an activating group) is 1. The second-order valence-electron chi connectivity index (χ2n) is 23.7. The molecule has 0 amide bonds. The first-order chi connectivity index (χ1) is 44.4. The van der Waals surface area contributed by atoms with Crippen LogP contribution in [-0.4, -0.2) is 142 Å². The van der Waals surface area contributed by atoms with Gasteiger partial charge in [0.1, 0.15) is 5.75 Å². The summed E-state index contributed by atoms with van der Waals surface area (Å²) in [4.78, 5) is 51.1. The number of ether oxygens (including phenoxy) is 1. The van der Waals surface area contributed by atoms with Crippen LogP contribution in [0.25, 0.3) is 33.8 Å². The fraction of sp³-hybridized carbons (Fsp3) is 0.304. The fourth-order valence-corrected chi connectivity index (χ4v) is 12.1. The first-order valence-electron chi connectivity index (χ1n) is 30.7. The maximum atomic E-state index is 6.22. The number of piperazine rings is 1. The molecule has 3 aromatic carbocycles. The van der Waals surface area contributed by atoms with Gasteiger partial charge in [-0.3, -0.25) is 15.0 Å². The molecule has 0 radical (unpaired) electrons. The average Bonchev–Trinajstić information content (AvgIpc) is 1.73. The molecule has 19 nitrogen and oxygen atoms in total. The second kappa shape index (κ2) is 29.3. The van der Waals surface area contributed by atoms with Crippen molar-refractivity contribution in [3.63, 3.8) is 0 Å². The van der Waals surface area contributed by atoms with Gasteiger partial charge in [-0.25, -0.2) is 29.9 Å². The number of aromatic nitrogens is 9. The van der Waals surface area contributed by atoms with Crippen molar-refractivity contribution in [1.82, 2.24) is 59.6 Å². The van der Waals surface area contributed by atoms with E-state index in [0.717, 1.165) is 187 Å². The van der Waals surface area contributed by atoms with E-state index < -0.39 is 0 Å². The Morgan fingerprint density at radius 3 is 1.54 bits per heavy atom. The van der Waals surface area contributed by atoms with Crippen LogP contribution in [0.3, 0.4) is 0 Å². The van der Waals surface area contributed by atoms with E-state index in [2.05, 4.69) is 135 Å². The lowest BCUT2D eigenvalue weighted by molar-refractivity contribution is 0.155. The Morgan fingerprint density at radius 1 is 0.533 bits per heavy atom. The van der Waals surface area contributed by atoms with Crippen LogP contribution in [0, 0.1) is 34.6 Å². The average molecular weight is 1300 g/mol. The van der Waals surface area contributed by atoms with Crippen molar-refractivity contribution in [2.75, 3.05) is 99.4 Å². The fourth-order valence-electron chi connectivity index (χ4n) is 11.2. The number of nitrogens with one attached hydrogen (secondary N) is 6. The molecule has 0 bridgehead atoms. The first kappa shape index (κ1) is 64.9. The third-order valence-corrected chi connectivity index (χ3v) is 17.2. The summed E-state index contributed by atoms with van der Waals surface area (Å²) in [5, 5.41) is 20.6. The molecule has 0 atom stereocenters. The molecule has 4 aliphatic heterocycles. The van der Waals surface area contributed by atoms with Crippen molar-refractivity contribution < 1.29 is 4.74 Å². The molecule has 472 valence electrons. The zero-order chi connectivity index (χ0) is 64.6. The molecule has 23 heteroatoms. The standard InChI is InChI=1S/C25H28ClN7S.C24H28N6OS.C20H19N5S/c1-16-21(11-17(14-27-16)5-6-33-9-7-32(2)8-10-33)30-25-28-15-18-12-23(34)29-22-13-19(26)3-4-20(22)24(18)31-25;1-15-20(10-16(13-25-15)6-5-9-30(2)3)28-24-26-14-17-11-22(32)27-21-12-18(31-4)7-8-19(21)23(17)29-24;1-11-4-6-15-17(8-11)23-18(26)9-14-10-21-20(25-19(14)15)24-16-7-5-12(2)22-13(16)3/h3-4,11,13-15H,5-10,12H2,1-2H3,(H,29,34)(H,28,30,31);7-8,10,12-14H,5-6,9,11H2,1-4H3,(H,27,32)(H,26,28,29);4-8,10H,9H2,1-3H3,(H,23,26)(H,21,24,25). The highest BCUT2D eigenvalue weighted by atomic mass is 35.5. The van der Waals surface area contributed by atoms with Gasteiger partial charge in [-0.1, -0.05) is 60.4 Å². The van der Waals surface area contributed by atoms with Gasteiger partial charge in [-0.2, -0.15) is 0 Å². The normalized spacial score (nSPS) is 14.0. The Balaban J connectivity index is 0.000000143. The summed E-state index contributed by atoms with van der Waals surface area (Å²) in [6, 6.07) is 26.1. The van der Waals surface area contributed by atoms with Gasteiger partial charge in [-0.15, -0.1) is 0 Å². The minimum absolute atomic E-state index is 0.536. The molecule has 13 rings (SSSR count). The number of hydrogen-bond donors (Lipinski definition) is 6. The number of aryl methyl sites for hydroxylation is 6. The van der Waals surface area contributed by atoms with Gasteiger partial charge in [0.05, 0.1) is 79.0 Å². The lowest BCUT2D eigenvalue weighted by atomic mass is 10.0. The van der Waals surface area contributed by atoms with E-state index in [1.54, 1.807) is 7.11 Å². The summed E-state index contributed by atoms with van der Waals surface area (Å²) in [6.45, 7) is 16.6. The highest BCUT2D eigenvalue weighted by Gasteiger charge is 2.24. The van der Waals surface area contributed by atoms with E-state index in [-0.39, 0.29) is 0 Å². The van der Waals surface area contributed by atoms with Crippen LogP contribution < -0.4 is 36.6 Å². The Bertz CT molecular complexity index is 4250. The number of hydrogen-bond acceptors (Lipinski definition) is 19. The first-order valence-corrected chi connectivity index (χ1v) is 32.3. The Labute approximate surface area is 559 Å². The van der Waals surface area contributed by atoms with Crippen LogP contribution in [0.2, 0.25) is 5.02 Å². The molecule has 6 N–H and O–H groups in total. The molecule has 9 aromatic rings. The number of halogens is 1. The lowest BCUT2D eigenvalue weighted by Crippen LogP contribution is -2.45.